The van der Waals surface area contributed by atoms with E-state index < -0.39 is 0 Å². The molecule has 0 bridgehead atoms. The molecule has 0 amide bonds. The van der Waals surface area contributed by atoms with Crippen molar-refractivity contribution in [3.05, 3.63) is 46.6 Å². The fourth-order valence-corrected chi connectivity index (χ4v) is 1.69. The van der Waals surface area contributed by atoms with Crippen LogP contribution in [0.25, 0.3) is 0 Å². The molecular formula is C11H11BrN2O. The maximum absolute atomic E-state index is 5.22. The Labute approximate surface area is 96.7 Å². The first-order valence-corrected chi connectivity index (χ1v) is 5.66. The summed E-state index contributed by atoms with van der Waals surface area (Å²) >= 11 is 3.13. The molecule has 0 atom stereocenters. The summed E-state index contributed by atoms with van der Waals surface area (Å²) in [5, 5.41) is 7.63. The van der Waals surface area contributed by atoms with Gasteiger partial charge >= 0.3 is 0 Å². The van der Waals surface area contributed by atoms with Gasteiger partial charge in [0.1, 0.15) is 0 Å². The van der Waals surface area contributed by atoms with Crippen LogP contribution in [0.2, 0.25) is 0 Å². The van der Waals surface area contributed by atoms with Crippen LogP contribution in [0.4, 0.5) is 0 Å². The second kappa shape index (κ2) is 5.07. The van der Waals surface area contributed by atoms with Crippen molar-refractivity contribution in [3.63, 3.8) is 0 Å². The highest BCUT2D eigenvalue weighted by molar-refractivity contribution is 9.10. The van der Waals surface area contributed by atoms with Gasteiger partial charge in [0.25, 0.3) is 4.80 Å². The first kappa shape index (κ1) is 10.4. The minimum absolute atomic E-state index is 0.456. The molecule has 2 aromatic rings. The highest BCUT2D eigenvalue weighted by Gasteiger charge is 2.02. The third-order valence-electron chi connectivity index (χ3n) is 2.14. The van der Waals surface area contributed by atoms with E-state index in [-0.39, 0.29) is 0 Å². The number of aromatic nitrogens is 2. The fourth-order valence-electron chi connectivity index (χ4n) is 1.42. The average Bonchev–Trinajstić information content (AvgIpc) is 2.66. The molecule has 0 aliphatic rings. The molecule has 0 aliphatic heterocycles. The van der Waals surface area contributed by atoms with Crippen molar-refractivity contribution in [2.75, 3.05) is 0 Å². The summed E-state index contributed by atoms with van der Waals surface area (Å²) in [6.45, 7) is 0. The first-order chi connectivity index (χ1) is 7.34. The smallest absolute Gasteiger partial charge is 0.284 e. The van der Waals surface area contributed by atoms with Crippen LogP contribution in [0.15, 0.2) is 39.5 Å². The van der Waals surface area contributed by atoms with Gasteiger partial charge < -0.3 is 4.42 Å². The summed E-state index contributed by atoms with van der Waals surface area (Å²) in [5.74, 6) is 0.692. The van der Waals surface area contributed by atoms with E-state index in [0.29, 0.717) is 10.7 Å². The van der Waals surface area contributed by atoms with Crippen molar-refractivity contribution in [1.82, 2.24) is 10.2 Å². The number of rotatable bonds is 4. The Hall–Kier alpha value is -1.16. The molecule has 2 rings (SSSR count). The van der Waals surface area contributed by atoms with E-state index in [0.717, 1.165) is 19.3 Å². The van der Waals surface area contributed by atoms with Crippen LogP contribution in [0, 0.1) is 0 Å². The molecule has 3 nitrogen and oxygen atoms in total. The lowest BCUT2D eigenvalue weighted by atomic mass is 10.1. The van der Waals surface area contributed by atoms with Crippen LogP contribution in [-0.4, -0.2) is 10.2 Å². The molecular weight excluding hydrogens is 256 g/mol. The second-order valence-electron chi connectivity index (χ2n) is 3.29. The molecule has 78 valence electrons. The van der Waals surface area contributed by atoms with Gasteiger partial charge in [-0.1, -0.05) is 30.3 Å². The predicted octanol–water partition coefficient (Wildman–Crippen LogP) is 3.01. The molecule has 1 aromatic carbocycles. The van der Waals surface area contributed by atoms with E-state index in [1.807, 2.05) is 6.07 Å². The van der Waals surface area contributed by atoms with Gasteiger partial charge in [0.2, 0.25) is 5.89 Å². The van der Waals surface area contributed by atoms with Gasteiger partial charge in [0.05, 0.1) is 0 Å². The summed E-state index contributed by atoms with van der Waals surface area (Å²) in [7, 11) is 0. The van der Waals surface area contributed by atoms with E-state index in [1.54, 1.807) is 0 Å². The Bertz CT molecular complexity index is 414. The van der Waals surface area contributed by atoms with Gasteiger partial charge in [-0.3, -0.25) is 0 Å². The maximum atomic E-state index is 5.22. The monoisotopic (exact) mass is 266 g/mol. The van der Waals surface area contributed by atoms with Crippen LogP contribution >= 0.6 is 15.9 Å². The topological polar surface area (TPSA) is 38.9 Å². The molecule has 0 unspecified atom stereocenters. The molecule has 1 heterocycles. The van der Waals surface area contributed by atoms with Crippen molar-refractivity contribution < 1.29 is 4.42 Å². The van der Waals surface area contributed by atoms with Gasteiger partial charge in [0.15, 0.2) is 0 Å². The van der Waals surface area contributed by atoms with Crippen LogP contribution in [0.5, 0.6) is 0 Å². The number of hydrogen-bond donors (Lipinski definition) is 0. The normalized spacial score (nSPS) is 10.5. The van der Waals surface area contributed by atoms with Crippen LogP contribution < -0.4 is 0 Å². The highest BCUT2D eigenvalue weighted by atomic mass is 79.9. The van der Waals surface area contributed by atoms with Crippen molar-refractivity contribution in [2.45, 2.75) is 19.3 Å². The Morgan fingerprint density at radius 1 is 1.07 bits per heavy atom. The zero-order chi connectivity index (χ0) is 10.5. The van der Waals surface area contributed by atoms with Crippen molar-refractivity contribution in [3.8, 4) is 0 Å². The number of benzene rings is 1. The van der Waals surface area contributed by atoms with Crippen LogP contribution in [0.1, 0.15) is 17.9 Å². The summed E-state index contributed by atoms with van der Waals surface area (Å²) in [4.78, 5) is 0.456. The number of nitrogens with zero attached hydrogens (tertiary/aromatic N) is 2. The number of halogens is 1. The molecule has 0 saturated carbocycles. The highest BCUT2D eigenvalue weighted by Crippen LogP contribution is 2.10. The predicted molar refractivity (Wildman–Crippen MR) is 60.5 cm³/mol. The van der Waals surface area contributed by atoms with Crippen molar-refractivity contribution in [2.24, 2.45) is 0 Å². The molecule has 15 heavy (non-hydrogen) atoms. The molecule has 0 spiro atoms. The third kappa shape index (κ3) is 3.16. The van der Waals surface area contributed by atoms with E-state index in [2.05, 4.69) is 50.4 Å². The Kier molecular flexibility index (Phi) is 3.50. The summed E-state index contributed by atoms with van der Waals surface area (Å²) in [5.41, 5.74) is 1.34. The van der Waals surface area contributed by atoms with Gasteiger partial charge in [-0.05, 0) is 18.4 Å². The van der Waals surface area contributed by atoms with E-state index in [1.165, 1.54) is 5.56 Å². The quantitative estimate of drug-likeness (QED) is 0.854. The number of hydrogen-bond acceptors (Lipinski definition) is 3. The minimum atomic E-state index is 0.456. The van der Waals surface area contributed by atoms with E-state index in [4.69, 9.17) is 4.42 Å². The van der Waals surface area contributed by atoms with Gasteiger partial charge in [-0.2, -0.15) is 0 Å². The largest absolute Gasteiger partial charge is 0.416 e. The summed E-state index contributed by atoms with van der Waals surface area (Å²) < 4.78 is 5.22. The summed E-state index contributed by atoms with van der Waals surface area (Å²) in [6.07, 6.45) is 2.90. The standard InChI is InChI=1S/C11H11BrN2O/c12-11-14-13-10(15-11)8-4-7-9-5-2-1-3-6-9/h1-3,5-6H,4,7-8H2. The molecule has 4 heteroatoms. The van der Waals surface area contributed by atoms with Crippen molar-refractivity contribution in [1.29, 1.82) is 0 Å². The fraction of sp³-hybridized carbons (Fsp3) is 0.273. The Balaban J connectivity index is 1.80. The SMILES string of the molecule is Brc1nnc(CCCc2ccccc2)o1. The lowest BCUT2D eigenvalue weighted by Gasteiger charge is -1.98. The molecule has 1 aromatic heterocycles. The summed E-state index contributed by atoms with van der Waals surface area (Å²) in [6, 6.07) is 10.4. The molecule has 0 N–H and O–H groups in total. The minimum Gasteiger partial charge on any atom is -0.416 e. The van der Waals surface area contributed by atoms with Crippen molar-refractivity contribution >= 4 is 15.9 Å². The van der Waals surface area contributed by atoms with Crippen LogP contribution in [0.3, 0.4) is 0 Å². The lowest BCUT2D eigenvalue weighted by Crippen LogP contribution is -1.90. The van der Waals surface area contributed by atoms with Crippen LogP contribution in [-0.2, 0) is 12.8 Å². The second-order valence-corrected chi connectivity index (χ2v) is 3.97. The maximum Gasteiger partial charge on any atom is 0.284 e. The Morgan fingerprint density at radius 3 is 2.53 bits per heavy atom. The third-order valence-corrected chi connectivity index (χ3v) is 2.46. The molecule has 0 fully saturated rings. The van der Waals surface area contributed by atoms with Gasteiger partial charge in [0, 0.05) is 22.4 Å². The molecule has 0 radical (unpaired) electrons. The lowest BCUT2D eigenvalue weighted by molar-refractivity contribution is 0.466. The molecule has 0 saturated heterocycles. The van der Waals surface area contributed by atoms with E-state index in [9.17, 15) is 0 Å². The average molecular weight is 267 g/mol. The first-order valence-electron chi connectivity index (χ1n) is 4.86. The van der Waals surface area contributed by atoms with Gasteiger partial charge in [-0.25, -0.2) is 0 Å². The zero-order valence-corrected chi connectivity index (χ0v) is 9.77. The zero-order valence-electron chi connectivity index (χ0n) is 8.19. The Morgan fingerprint density at radius 2 is 1.87 bits per heavy atom. The molecule has 0 aliphatic carbocycles. The van der Waals surface area contributed by atoms with E-state index >= 15 is 0 Å². The number of aryl methyl sites for hydroxylation is 2. The van der Waals surface area contributed by atoms with Gasteiger partial charge in [-0.15, -0.1) is 10.2 Å².